The molecule has 2 aliphatic heterocycles. The second-order valence-electron chi connectivity index (χ2n) is 7.74. The second-order valence-corrected chi connectivity index (χ2v) is 7.74. The number of amides is 1. The molecule has 2 aromatic carbocycles. The van der Waals surface area contributed by atoms with Gasteiger partial charge in [-0.1, -0.05) is 18.2 Å². The van der Waals surface area contributed by atoms with Crippen LogP contribution in [0.2, 0.25) is 0 Å². The first-order valence-corrected chi connectivity index (χ1v) is 10.5. The largest absolute Gasteiger partial charge is 0.506 e. The zero-order valence-electron chi connectivity index (χ0n) is 16.8. The maximum Gasteiger partial charge on any atom is 0.224 e. The van der Waals surface area contributed by atoms with E-state index in [0.717, 1.165) is 69.1 Å². The monoisotopic (exact) mass is 395 g/mol. The number of rotatable bonds is 7. The lowest BCUT2D eigenvalue weighted by Crippen LogP contribution is -2.46. The van der Waals surface area contributed by atoms with E-state index in [1.807, 2.05) is 36.4 Å². The van der Waals surface area contributed by atoms with E-state index in [0.29, 0.717) is 18.8 Å². The van der Waals surface area contributed by atoms with Crippen LogP contribution in [-0.2, 0) is 11.2 Å². The van der Waals surface area contributed by atoms with Gasteiger partial charge in [0.25, 0.3) is 0 Å². The Bertz CT molecular complexity index is 847. The molecule has 0 aromatic heterocycles. The Labute approximate surface area is 172 Å². The highest BCUT2D eigenvalue weighted by atomic mass is 16.5. The molecule has 0 unspecified atom stereocenters. The van der Waals surface area contributed by atoms with Crippen LogP contribution in [0.3, 0.4) is 0 Å². The lowest BCUT2D eigenvalue weighted by molar-refractivity contribution is -0.116. The molecule has 2 N–H and O–H groups in total. The Hall–Kier alpha value is -2.73. The van der Waals surface area contributed by atoms with Gasteiger partial charge >= 0.3 is 0 Å². The summed E-state index contributed by atoms with van der Waals surface area (Å²) in [5, 5.41) is 12.9. The highest BCUT2D eigenvalue weighted by Crippen LogP contribution is 2.28. The van der Waals surface area contributed by atoms with E-state index in [-0.39, 0.29) is 5.91 Å². The van der Waals surface area contributed by atoms with Gasteiger partial charge in [-0.3, -0.25) is 9.69 Å². The molecule has 154 valence electrons. The minimum atomic E-state index is 0.0808. The second kappa shape index (κ2) is 9.18. The predicted molar refractivity (Wildman–Crippen MR) is 115 cm³/mol. The summed E-state index contributed by atoms with van der Waals surface area (Å²) in [5.74, 6) is 1.26. The number of unbranched alkanes of at least 4 members (excludes halogenated alkanes) is 1. The summed E-state index contributed by atoms with van der Waals surface area (Å²) in [5.41, 5.74) is 3.00. The Morgan fingerprint density at radius 1 is 1.00 bits per heavy atom. The van der Waals surface area contributed by atoms with Gasteiger partial charge in [-0.2, -0.15) is 0 Å². The number of aryl methyl sites for hydroxylation is 1. The van der Waals surface area contributed by atoms with Gasteiger partial charge in [-0.25, -0.2) is 0 Å². The molecule has 1 fully saturated rings. The molecule has 29 heavy (non-hydrogen) atoms. The number of phenolic OH excluding ortho intramolecular Hbond substituents is 1. The van der Waals surface area contributed by atoms with Crippen molar-refractivity contribution in [2.45, 2.75) is 25.7 Å². The summed E-state index contributed by atoms with van der Waals surface area (Å²) >= 11 is 0. The summed E-state index contributed by atoms with van der Waals surface area (Å²) in [4.78, 5) is 16.3. The normalized spacial score (nSPS) is 17.0. The van der Waals surface area contributed by atoms with Gasteiger partial charge in [0.2, 0.25) is 5.91 Å². The first-order valence-electron chi connectivity index (χ1n) is 10.5. The number of aromatic hydroxyl groups is 1. The SMILES string of the molecule is O=C1CCc2ccc(OCCCCN3CCN(c4ccccc4O)CC3)cc2N1. The first kappa shape index (κ1) is 19.6. The predicted octanol–water partition coefficient (Wildman–Crippen LogP) is 3.26. The van der Waals surface area contributed by atoms with Crippen molar-refractivity contribution in [1.82, 2.24) is 4.90 Å². The van der Waals surface area contributed by atoms with E-state index in [4.69, 9.17) is 4.74 Å². The van der Waals surface area contributed by atoms with E-state index in [2.05, 4.69) is 15.1 Å². The number of hydrogen-bond donors (Lipinski definition) is 2. The molecule has 0 radical (unpaired) electrons. The Morgan fingerprint density at radius 3 is 2.66 bits per heavy atom. The third-order valence-electron chi connectivity index (χ3n) is 5.71. The van der Waals surface area contributed by atoms with Crippen molar-refractivity contribution in [3.63, 3.8) is 0 Å². The molecule has 2 aliphatic rings. The van der Waals surface area contributed by atoms with E-state index >= 15 is 0 Å². The number of ether oxygens (including phenoxy) is 1. The van der Waals surface area contributed by atoms with Gasteiger partial charge < -0.3 is 20.1 Å². The number of anilines is 2. The number of fused-ring (bicyclic) bond motifs is 1. The molecule has 4 rings (SSSR count). The van der Waals surface area contributed by atoms with Crippen LogP contribution in [0.5, 0.6) is 11.5 Å². The first-order chi connectivity index (χ1) is 14.2. The molecule has 6 heteroatoms. The number of piperazine rings is 1. The number of para-hydroxylation sites is 2. The Kier molecular flexibility index (Phi) is 6.20. The summed E-state index contributed by atoms with van der Waals surface area (Å²) in [6, 6.07) is 13.5. The molecule has 1 amide bonds. The number of phenols is 1. The maximum absolute atomic E-state index is 11.5. The zero-order chi connectivity index (χ0) is 20.1. The van der Waals surface area contributed by atoms with Crippen LogP contribution in [-0.4, -0.2) is 55.2 Å². The summed E-state index contributed by atoms with van der Waals surface area (Å²) in [6.07, 6.45) is 3.47. The van der Waals surface area contributed by atoms with Crippen molar-refractivity contribution in [3.05, 3.63) is 48.0 Å². The Balaban J connectivity index is 1.14. The number of carbonyl (C=O) groups is 1. The maximum atomic E-state index is 11.5. The van der Waals surface area contributed by atoms with E-state index in [9.17, 15) is 9.90 Å². The van der Waals surface area contributed by atoms with Crippen LogP contribution >= 0.6 is 0 Å². The third-order valence-corrected chi connectivity index (χ3v) is 5.71. The molecule has 1 saturated heterocycles. The van der Waals surface area contributed by atoms with Crippen molar-refractivity contribution < 1.29 is 14.6 Å². The molecule has 0 aliphatic carbocycles. The number of benzene rings is 2. The van der Waals surface area contributed by atoms with Crippen LogP contribution < -0.4 is 15.0 Å². The molecular formula is C23H29N3O3. The van der Waals surface area contributed by atoms with Gasteiger partial charge in [0.05, 0.1) is 12.3 Å². The van der Waals surface area contributed by atoms with Gasteiger partial charge in [-0.05, 0) is 49.6 Å². The minimum Gasteiger partial charge on any atom is -0.506 e. The van der Waals surface area contributed by atoms with Crippen molar-refractivity contribution in [2.24, 2.45) is 0 Å². The van der Waals surface area contributed by atoms with Gasteiger partial charge in [0, 0.05) is 44.4 Å². The van der Waals surface area contributed by atoms with Crippen molar-refractivity contribution >= 4 is 17.3 Å². The number of carbonyl (C=O) groups excluding carboxylic acids is 1. The average Bonchev–Trinajstić information content (AvgIpc) is 2.74. The number of nitrogens with one attached hydrogen (secondary N) is 1. The lowest BCUT2D eigenvalue weighted by Gasteiger charge is -2.36. The van der Waals surface area contributed by atoms with Gasteiger partial charge in [0.15, 0.2) is 0 Å². The molecule has 0 saturated carbocycles. The third kappa shape index (κ3) is 5.01. The number of nitrogens with zero attached hydrogens (tertiary/aromatic N) is 2. The standard InChI is InChI=1S/C23H29N3O3/c27-22-6-2-1-5-21(22)26-14-12-25(13-15-26)11-3-4-16-29-19-9-7-18-8-10-23(28)24-20(18)17-19/h1-2,5-7,9,17,27H,3-4,8,10-16H2,(H,24,28). The molecule has 0 spiro atoms. The highest BCUT2D eigenvalue weighted by molar-refractivity contribution is 5.94. The van der Waals surface area contributed by atoms with Crippen LogP contribution in [0.25, 0.3) is 0 Å². The smallest absolute Gasteiger partial charge is 0.224 e. The van der Waals surface area contributed by atoms with Crippen LogP contribution in [0.4, 0.5) is 11.4 Å². The van der Waals surface area contributed by atoms with E-state index in [1.165, 1.54) is 5.56 Å². The van der Waals surface area contributed by atoms with Crippen LogP contribution in [0.1, 0.15) is 24.8 Å². The van der Waals surface area contributed by atoms with Crippen molar-refractivity contribution in [3.8, 4) is 11.5 Å². The summed E-state index contributed by atoms with van der Waals surface area (Å²) in [7, 11) is 0. The van der Waals surface area contributed by atoms with E-state index in [1.54, 1.807) is 6.07 Å². The Morgan fingerprint density at radius 2 is 1.83 bits per heavy atom. The summed E-state index contributed by atoms with van der Waals surface area (Å²) in [6.45, 7) is 5.66. The van der Waals surface area contributed by atoms with Crippen LogP contribution in [0.15, 0.2) is 42.5 Å². The fraction of sp³-hybridized carbons (Fsp3) is 0.435. The molecule has 0 atom stereocenters. The fourth-order valence-corrected chi connectivity index (χ4v) is 4.01. The lowest BCUT2D eigenvalue weighted by atomic mass is 10.0. The van der Waals surface area contributed by atoms with Crippen molar-refractivity contribution in [2.75, 3.05) is 49.5 Å². The van der Waals surface area contributed by atoms with Crippen molar-refractivity contribution in [1.29, 1.82) is 0 Å². The molecular weight excluding hydrogens is 366 g/mol. The fourth-order valence-electron chi connectivity index (χ4n) is 4.01. The molecule has 6 nitrogen and oxygen atoms in total. The highest BCUT2D eigenvalue weighted by Gasteiger charge is 2.18. The van der Waals surface area contributed by atoms with E-state index < -0.39 is 0 Å². The van der Waals surface area contributed by atoms with Gasteiger partial charge in [-0.15, -0.1) is 0 Å². The average molecular weight is 396 g/mol. The minimum absolute atomic E-state index is 0.0808. The number of hydrogen-bond acceptors (Lipinski definition) is 5. The van der Waals surface area contributed by atoms with Crippen LogP contribution in [0, 0.1) is 0 Å². The topological polar surface area (TPSA) is 65.0 Å². The zero-order valence-corrected chi connectivity index (χ0v) is 16.8. The molecule has 0 bridgehead atoms. The molecule has 2 heterocycles. The quantitative estimate of drug-likeness (QED) is 0.705. The summed E-state index contributed by atoms with van der Waals surface area (Å²) < 4.78 is 5.88. The van der Waals surface area contributed by atoms with Gasteiger partial charge in [0.1, 0.15) is 11.5 Å². The molecule has 2 aromatic rings.